The molecule has 0 spiro atoms. The Bertz CT molecular complexity index is 249. The first kappa shape index (κ1) is 11.3. The Kier molecular flexibility index (Phi) is 2.52. The number of carbonyl (C=O) groups is 1. The molecule has 1 N–H and O–H groups in total. The number of hydrogen-bond donors (Lipinski definition) is 1. The average molecular weight is 200 g/mol. The third kappa shape index (κ3) is 1.59. The number of rotatable bonds is 1. The summed E-state index contributed by atoms with van der Waals surface area (Å²) >= 11 is 0. The molecule has 0 aromatic rings. The van der Waals surface area contributed by atoms with E-state index < -0.39 is 5.72 Å². The Morgan fingerprint density at radius 1 is 1.43 bits per heavy atom. The summed E-state index contributed by atoms with van der Waals surface area (Å²) in [6.07, 6.45) is 0.566. The lowest BCUT2D eigenvalue weighted by Gasteiger charge is -2.52. The highest BCUT2D eigenvalue weighted by Gasteiger charge is 2.47. The van der Waals surface area contributed by atoms with Crippen LogP contribution in [0.5, 0.6) is 0 Å². The van der Waals surface area contributed by atoms with Crippen LogP contribution in [0.3, 0.4) is 0 Å². The second-order valence-electron chi connectivity index (χ2n) is 4.79. The normalized spacial score (nSPS) is 32.3. The molecule has 2 amide bonds. The molecule has 0 aromatic carbocycles. The first-order chi connectivity index (χ1) is 6.22. The lowest BCUT2D eigenvalue weighted by molar-refractivity contribution is -0.127. The van der Waals surface area contributed by atoms with Gasteiger partial charge in [0.05, 0.1) is 0 Å². The quantitative estimate of drug-likeness (QED) is 0.692. The van der Waals surface area contributed by atoms with Crippen LogP contribution in [0.2, 0.25) is 0 Å². The molecule has 0 aromatic heterocycles. The van der Waals surface area contributed by atoms with Crippen molar-refractivity contribution in [3.63, 3.8) is 0 Å². The van der Waals surface area contributed by atoms with E-state index in [9.17, 15) is 9.90 Å². The number of hydrogen-bond acceptors (Lipinski definition) is 2. The summed E-state index contributed by atoms with van der Waals surface area (Å²) in [5.74, 6) is 0. The zero-order valence-corrected chi connectivity index (χ0v) is 9.66. The van der Waals surface area contributed by atoms with Crippen molar-refractivity contribution in [1.29, 1.82) is 0 Å². The summed E-state index contributed by atoms with van der Waals surface area (Å²) < 4.78 is 0. The highest BCUT2D eigenvalue weighted by molar-refractivity contribution is 5.76. The van der Waals surface area contributed by atoms with Gasteiger partial charge in [0.15, 0.2) is 0 Å². The van der Waals surface area contributed by atoms with E-state index in [2.05, 4.69) is 0 Å². The van der Waals surface area contributed by atoms with Crippen molar-refractivity contribution < 1.29 is 9.90 Å². The smallest absolute Gasteiger partial charge is 0.322 e. The Hall–Kier alpha value is -0.770. The molecule has 1 atom stereocenters. The van der Waals surface area contributed by atoms with E-state index in [1.807, 2.05) is 20.8 Å². The van der Waals surface area contributed by atoms with Crippen LogP contribution in [0.15, 0.2) is 0 Å². The fraction of sp³-hybridized carbons (Fsp3) is 0.900. The topological polar surface area (TPSA) is 43.8 Å². The maximum atomic E-state index is 11.9. The van der Waals surface area contributed by atoms with Gasteiger partial charge in [-0.25, -0.2) is 4.79 Å². The molecule has 1 aliphatic rings. The van der Waals surface area contributed by atoms with Crippen LogP contribution in [-0.2, 0) is 0 Å². The number of amides is 2. The lowest BCUT2D eigenvalue weighted by Crippen LogP contribution is -2.66. The molecular formula is C10H20N2O2. The van der Waals surface area contributed by atoms with E-state index in [4.69, 9.17) is 0 Å². The molecule has 1 heterocycles. The molecule has 0 saturated carbocycles. The van der Waals surface area contributed by atoms with Gasteiger partial charge in [-0.05, 0) is 27.7 Å². The van der Waals surface area contributed by atoms with Crippen LogP contribution in [-0.4, -0.2) is 45.8 Å². The van der Waals surface area contributed by atoms with E-state index in [0.717, 1.165) is 0 Å². The van der Waals surface area contributed by atoms with Gasteiger partial charge < -0.3 is 10.0 Å². The van der Waals surface area contributed by atoms with Crippen molar-refractivity contribution >= 4 is 6.03 Å². The monoisotopic (exact) mass is 200 g/mol. The third-order valence-corrected chi connectivity index (χ3v) is 3.09. The SMILES string of the molecule is CCN1C(=O)N(C)C(C)(C)C[C@@]1(C)O. The summed E-state index contributed by atoms with van der Waals surface area (Å²) in [7, 11) is 1.78. The van der Waals surface area contributed by atoms with Gasteiger partial charge in [0, 0.05) is 25.6 Å². The molecule has 82 valence electrons. The van der Waals surface area contributed by atoms with E-state index in [1.54, 1.807) is 18.9 Å². The van der Waals surface area contributed by atoms with Crippen molar-refractivity contribution in [2.24, 2.45) is 0 Å². The second-order valence-corrected chi connectivity index (χ2v) is 4.79. The molecule has 1 fully saturated rings. The Morgan fingerprint density at radius 2 is 1.93 bits per heavy atom. The van der Waals surface area contributed by atoms with Crippen molar-refractivity contribution in [1.82, 2.24) is 9.80 Å². The van der Waals surface area contributed by atoms with Gasteiger partial charge in [-0.2, -0.15) is 0 Å². The van der Waals surface area contributed by atoms with Crippen LogP contribution in [0.1, 0.15) is 34.1 Å². The minimum absolute atomic E-state index is 0.103. The van der Waals surface area contributed by atoms with Crippen LogP contribution in [0.4, 0.5) is 4.79 Å². The predicted molar refractivity (Wildman–Crippen MR) is 54.9 cm³/mol. The van der Waals surface area contributed by atoms with Crippen molar-refractivity contribution in [2.75, 3.05) is 13.6 Å². The van der Waals surface area contributed by atoms with Crippen LogP contribution >= 0.6 is 0 Å². The zero-order valence-electron chi connectivity index (χ0n) is 9.66. The Balaban J connectivity index is 3.01. The predicted octanol–water partition coefficient (Wildman–Crippen LogP) is 1.25. The van der Waals surface area contributed by atoms with Crippen molar-refractivity contribution in [2.45, 2.75) is 45.4 Å². The van der Waals surface area contributed by atoms with E-state index >= 15 is 0 Å². The number of carbonyl (C=O) groups excluding carboxylic acids is 1. The van der Waals surface area contributed by atoms with Crippen molar-refractivity contribution in [3.05, 3.63) is 0 Å². The maximum Gasteiger partial charge on any atom is 0.322 e. The third-order valence-electron chi connectivity index (χ3n) is 3.09. The first-order valence-corrected chi connectivity index (χ1v) is 5.00. The lowest BCUT2D eigenvalue weighted by atomic mass is 9.88. The molecule has 0 radical (unpaired) electrons. The summed E-state index contributed by atoms with van der Waals surface area (Å²) in [6, 6.07) is -0.103. The van der Waals surface area contributed by atoms with Gasteiger partial charge in [0.2, 0.25) is 0 Å². The second kappa shape index (κ2) is 3.12. The number of aliphatic hydroxyl groups is 1. The molecule has 4 heteroatoms. The maximum absolute atomic E-state index is 11.9. The molecule has 0 unspecified atom stereocenters. The zero-order chi connectivity index (χ0) is 11.1. The molecule has 14 heavy (non-hydrogen) atoms. The molecule has 4 nitrogen and oxygen atoms in total. The number of nitrogens with zero attached hydrogens (tertiary/aromatic N) is 2. The highest BCUT2D eigenvalue weighted by atomic mass is 16.3. The van der Waals surface area contributed by atoms with Crippen LogP contribution < -0.4 is 0 Å². The Morgan fingerprint density at radius 3 is 2.36 bits per heavy atom. The molecule has 0 aliphatic carbocycles. The van der Waals surface area contributed by atoms with Gasteiger partial charge in [-0.15, -0.1) is 0 Å². The van der Waals surface area contributed by atoms with Gasteiger partial charge in [-0.3, -0.25) is 4.90 Å². The van der Waals surface area contributed by atoms with Gasteiger partial charge in [0.1, 0.15) is 5.72 Å². The molecule has 1 rings (SSSR count). The largest absolute Gasteiger partial charge is 0.371 e. The first-order valence-electron chi connectivity index (χ1n) is 5.00. The fourth-order valence-corrected chi connectivity index (χ4v) is 2.16. The van der Waals surface area contributed by atoms with Gasteiger partial charge in [0.25, 0.3) is 0 Å². The molecule has 1 saturated heterocycles. The van der Waals surface area contributed by atoms with Crippen LogP contribution in [0, 0.1) is 0 Å². The van der Waals surface area contributed by atoms with Crippen molar-refractivity contribution in [3.8, 4) is 0 Å². The van der Waals surface area contributed by atoms with Gasteiger partial charge >= 0.3 is 6.03 Å². The molecular weight excluding hydrogens is 180 g/mol. The standard InChI is InChI=1S/C10H20N2O2/c1-6-12-8(13)11(5)9(2,3)7-10(12,4)14/h14H,6-7H2,1-5H3/t10-/m1/s1. The van der Waals surface area contributed by atoms with Crippen LogP contribution in [0.25, 0.3) is 0 Å². The Labute approximate surface area is 85.5 Å². The minimum atomic E-state index is -1.03. The van der Waals surface area contributed by atoms with E-state index in [1.165, 1.54) is 4.90 Å². The number of urea groups is 1. The van der Waals surface area contributed by atoms with E-state index in [-0.39, 0.29) is 11.6 Å². The fourth-order valence-electron chi connectivity index (χ4n) is 2.16. The molecule has 1 aliphatic heterocycles. The minimum Gasteiger partial charge on any atom is -0.371 e. The average Bonchev–Trinajstić information content (AvgIpc) is 1.99. The summed E-state index contributed by atoms with van der Waals surface area (Å²) in [6.45, 7) is 8.03. The summed E-state index contributed by atoms with van der Waals surface area (Å²) in [4.78, 5) is 15.1. The highest BCUT2D eigenvalue weighted by Crippen LogP contribution is 2.34. The molecule has 0 bridgehead atoms. The van der Waals surface area contributed by atoms with E-state index in [0.29, 0.717) is 13.0 Å². The van der Waals surface area contributed by atoms with Gasteiger partial charge in [-0.1, -0.05) is 0 Å². The summed E-state index contributed by atoms with van der Waals surface area (Å²) in [5.41, 5.74) is -1.31. The summed E-state index contributed by atoms with van der Waals surface area (Å²) in [5, 5.41) is 10.1.